The van der Waals surface area contributed by atoms with Crippen LogP contribution in [0.2, 0.25) is 0 Å². The second-order valence-corrected chi connectivity index (χ2v) is 6.21. The molecule has 0 spiro atoms. The van der Waals surface area contributed by atoms with Gasteiger partial charge in [0.1, 0.15) is 0 Å². The van der Waals surface area contributed by atoms with Crippen LogP contribution >= 0.6 is 0 Å². The van der Waals surface area contributed by atoms with E-state index in [0.717, 1.165) is 6.42 Å². The van der Waals surface area contributed by atoms with Crippen molar-refractivity contribution in [3.63, 3.8) is 0 Å². The van der Waals surface area contributed by atoms with Crippen molar-refractivity contribution in [3.8, 4) is 0 Å². The Bertz CT molecular complexity index is 466. The first-order valence-electron chi connectivity index (χ1n) is 5.32. The number of aliphatic hydroxyl groups is 1. The number of aliphatic hydroxyl groups excluding tert-OH is 1. The van der Waals surface area contributed by atoms with Crippen molar-refractivity contribution in [3.05, 3.63) is 18.0 Å². The lowest BCUT2D eigenvalue weighted by atomic mass is 10.2. The van der Waals surface area contributed by atoms with Crippen molar-refractivity contribution in [2.45, 2.75) is 24.8 Å². The molecule has 0 bridgehead atoms. The highest BCUT2D eigenvalue weighted by Gasteiger charge is 2.31. The summed E-state index contributed by atoms with van der Waals surface area (Å²) in [5.74, 6) is 0.422. The first-order chi connectivity index (χ1) is 7.54. The number of nitrogens with one attached hydrogen (secondary N) is 1. The van der Waals surface area contributed by atoms with Gasteiger partial charge in [0, 0.05) is 25.0 Å². The molecule has 1 unspecified atom stereocenters. The molecule has 0 radical (unpaired) electrons. The van der Waals surface area contributed by atoms with Gasteiger partial charge in [0.05, 0.1) is 11.5 Å². The molecule has 2 rings (SSSR count). The Morgan fingerprint density at radius 2 is 2.38 bits per heavy atom. The van der Waals surface area contributed by atoms with E-state index in [1.54, 1.807) is 0 Å². The van der Waals surface area contributed by atoms with Crippen molar-refractivity contribution in [1.82, 2.24) is 9.29 Å². The zero-order valence-electron chi connectivity index (χ0n) is 9.18. The quantitative estimate of drug-likeness (QED) is 0.815. The number of hydrogen-bond acceptors (Lipinski definition) is 3. The van der Waals surface area contributed by atoms with Gasteiger partial charge in [0.25, 0.3) is 0 Å². The molecule has 0 saturated carbocycles. The summed E-state index contributed by atoms with van der Waals surface area (Å²) in [6.45, 7) is 3.04. The summed E-state index contributed by atoms with van der Waals surface area (Å²) in [5.41, 5.74) is 0.519. The third-order valence-corrected chi connectivity index (χ3v) is 4.75. The second kappa shape index (κ2) is 4.20. The normalized spacial score (nSPS) is 22.8. The number of aromatic nitrogens is 1. The minimum atomic E-state index is -3.37. The average molecular weight is 244 g/mol. The Balaban J connectivity index is 2.25. The van der Waals surface area contributed by atoms with E-state index in [0.29, 0.717) is 24.7 Å². The van der Waals surface area contributed by atoms with Crippen molar-refractivity contribution in [2.75, 3.05) is 13.1 Å². The molecule has 1 atom stereocenters. The Hall–Kier alpha value is -0.850. The van der Waals surface area contributed by atoms with Crippen LogP contribution in [-0.4, -0.2) is 35.9 Å². The van der Waals surface area contributed by atoms with Gasteiger partial charge in [0.15, 0.2) is 0 Å². The molecule has 5 nitrogen and oxygen atoms in total. The van der Waals surface area contributed by atoms with Crippen LogP contribution in [0.3, 0.4) is 0 Å². The van der Waals surface area contributed by atoms with Crippen LogP contribution in [0.5, 0.6) is 0 Å². The SMILES string of the molecule is CC1CCN(S(=O)(=O)c2c[nH]c(CO)c2)C1. The molecule has 0 aliphatic carbocycles. The van der Waals surface area contributed by atoms with E-state index in [4.69, 9.17) is 5.11 Å². The second-order valence-electron chi connectivity index (χ2n) is 4.28. The minimum Gasteiger partial charge on any atom is -0.390 e. The average Bonchev–Trinajstić information content (AvgIpc) is 2.85. The highest BCUT2D eigenvalue weighted by atomic mass is 32.2. The molecule has 2 heterocycles. The maximum Gasteiger partial charge on any atom is 0.244 e. The molecule has 1 aliphatic heterocycles. The first-order valence-corrected chi connectivity index (χ1v) is 6.76. The fourth-order valence-corrected chi connectivity index (χ4v) is 3.51. The van der Waals surface area contributed by atoms with Crippen molar-refractivity contribution < 1.29 is 13.5 Å². The van der Waals surface area contributed by atoms with Gasteiger partial charge in [-0.3, -0.25) is 0 Å². The first kappa shape index (κ1) is 11.6. The van der Waals surface area contributed by atoms with Crippen LogP contribution in [0.4, 0.5) is 0 Å². The molecule has 2 N–H and O–H groups in total. The van der Waals surface area contributed by atoms with E-state index in [-0.39, 0.29) is 11.5 Å². The number of aromatic amines is 1. The van der Waals surface area contributed by atoms with Gasteiger partial charge in [-0.25, -0.2) is 8.42 Å². The lowest BCUT2D eigenvalue weighted by molar-refractivity contribution is 0.277. The van der Waals surface area contributed by atoms with E-state index in [1.165, 1.54) is 16.6 Å². The fourth-order valence-electron chi connectivity index (χ4n) is 1.92. The number of rotatable bonds is 3. The zero-order valence-corrected chi connectivity index (χ0v) is 10.00. The third-order valence-electron chi connectivity index (χ3n) is 2.91. The van der Waals surface area contributed by atoms with Crippen LogP contribution < -0.4 is 0 Å². The number of hydrogen-bond donors (Lipinski definition) is 2. The molecule has 16 heavy (non-hydrogen) atoms. The van der Waals surface area contributed by atoms with Crippen LogP contribution in [0.25, 0.3) is 0 Å². The summed E-state index contributed by atoms with van der Waals surface area (Å²) in [5, 5.41) is 8.88. The maximum atomic E-state index is 12.1. The third kappa shape index (κ3) is 2.00. The highest BCUT2D eigenvalue weighted by Crippen LogP contribution is 2.24. The van der Waals surface area contributed by atoms with Gasteiger partial charge in [-0.2, -0.15) is 4.31 Å². The summed E-state index contributed by atoms with van der Waals surface area (Å²) in [6, 6.07) is 1.48. The van der Waals surface area contributed by atoms with Gasteiger partial charge < -0.3 is 10.1 Å². The molecule has 1 aromatic heterocycles. The van der Waals surface area contributed by atoms with Crippen molar-refractivity contribution in [2.24, 2.45) is 5.92 Å². The summed E-state index contributed by atoms with van der Waals surface area (Å²) in [7, 11) is -3.37. The monoisotopic (exact) mass is 244 g/mol. The van der Waals surface area contributed by atoms with E-state index < -0.39 is 10.0 Å². The van der Waals surface area contributed by atoms with Gasteiger partial charge in [-0.15, -0.1) is 0 Å². The van der Waals surface area contributed by atoms with Crippen LogP contribution in [0.15, 0.2) is 17.2 Å². The Morgan fingerprint density at radius 3 is 2.88 bits per heavy atom. The van der Waals surface area contributed by atoms with Crippen molar-refractivity contribution in [1.29, 1.82) is 0 Å². The molecule has 6 heteroatoms. The summed E-state index contributed by atoms with van der Waals surface area (Å²) < 4.78 is 25.8. The topological polar surface area (TPSA) is 73.4 Å². The number of H-pyrrole nitrogens is 1. The zero-order chi connectivity index (χ0) is 11.8. The Kier molecular flexibility index (Phi) is 3.05. The van der Waals surface area contributed by atoms with Gasteiger partial charge in [-0.1, -0.05) is 6.92 Å². The standard InChI is InChI=1S/C10H16N2O3S/c1-8-2-3-12(6-8)16(14,15)10-4-9(7-13)11-5-10/h4-5,8,11,13H,2-3,6-7H2,1H3. The summed E-state index contributed by atoms with van der Waals surface area (Å²) in [4.78, 5) is 2.98. The molecule has 1 aromatic rings. The molecule has 0 amide bonds. The van der Waals surface area contributed by atoms with Crippen molar-refractivity contribution >= 4 is 10.0 Å². The molecule has 0 aromatic carbocycles. The van der Waals surface area contributed by atoms with Crippen LogP contribution in [0, 0.1) is 5.92 Å². The lowest BCUT2D eigenvalue weighted by Gasteiger charge is -2.14. The predicted octanol–water partition coefficient (Wildman–Crippen LogP) is 0.538. The minimum absolute atomic E-state index is 0.175. The lowest BCUT2D eigenvalue weighted by Crippen LogP contribution is -2.28. The van der Waals surface area contributed by atoms with Gasteiger partial charge >= 0.3 is 0 Å². The van der Waals surface area contributed by atoms with Gasteiger partial charge in [-0.05, 0) is 18.4 Å². The van der Waals surface area contributed by atoms with Gasteiger partial charge in [0.2, 0.25) is 10.0 Å². The Labute approximate surface area is 95.1 Å². The highest BCUT2D eigenvalue weighted by molar-refractivity contribution is 7.89. The smallest absolute Gasteiger partial charge is 0.244 e. The summed E-state index contributed by atoms with van der Waals surface area (Å²) in [6.07, 6.45) is 2.35. The largest absolute Gasteiger partial charge is 0.390 e. The van der Waals surface area contributed by atoms with E-state index in [9.17, 15) is 8.42 Å². The molecule has 1 saturated heterocycles. The molecule has 90 valence electrons. The van der Waals surface area contributed by atoms with Crippen LogP contribution in [-0.2, 0) is 16.6 Å². The molecular formula is C10H16N2O3S. The molecule has 1 fully saturated rings. The molecule has 1 aliphatic rings. The maximum absolute atomic E-state index is 12.1. The summed E-state index contributed by atoms with van der Waals surface area (Å²) >= 11 is 0. The number of nitrogens with zero attached hydrogens (tertiary/aromatic N) is 1. The molecular weight excluding hydrogens is 228 g/mol. The van der Waals surface area contributed by atoms with E-state index in [2.05, 4.69) is 4.98 Å². The van der Waals surface area contributed by atoms with E-state index >= 15 is 0 Å². The number of sulfonamides is 1. The Morgan fingerprint density at radius 1 is 1.62 bits per heavy atom. The van der Waals surface area contributed by atoms with E-state index in [1.807, 2.05) is 6.92 Å². The predicted molar refractivity (Wildman–Crippen MR) is 59.3 cm³/mol. The fraction of sp³-hybridized carbons (Fsp3) is 0.600. The van der Waals surface area contributed by atoms with Crippen LogP contribution in [0.1, 0.15) is 19.0 Å².